The van der Waals surface area contributed by atoms with Gasteiger partial charge in [0.1, 0.15) is 0 Å². The molecular weight excluding hydrogens is 332 g/mol. The average molecular weight is 351 g/mol. The molecule has 1 aliphatic rings. The third-order valence-corrected chi connectivity index (χ3v) is 4.14. The highest BCUT2D eigenvalue weighted by atomic mass is 35.5. The van der Waals surface area contributed by atoms with E-state index in [1.807, 2.05) is 17.5 Å². The third kappa shape index (κ3) is 6.18. The van der Waals surface area contributed by atoms with Gasteiger partial charge in [-0.05, 0) is 17.9 Å². The van der Waals surface area contributed by atoms with Crippen molar-refractivity contribution in [3.63, 3.8) is 0 Å². The number of hydrogen-bond donors (Lipinski definition) is 1. The number of piperazine rings is 1. The fraction of sp³-hybridized carbons (Fsp3) is 0.667. The molecule has 0 radical (unpaired) electrons. The molecule has 0 bridgehead atoms. The van der Waals surface area contributed by atoms with E-state index in [0.29, 0.717) is 0 Å². The summed E-state index contributed by atoms with van der Waals surface area (Å²) in [7, 11) is 0. The van der Waals surface area contributed by atoms with Gasteiger partial charge in [-0.2, -0.15) is 13.2 Å². The molecule has 0 saturated carbocycles. The van der Waals surface area contributed by atoms with Crippen LogP contribution in [-0.2, 0) is 0 Å². The van der Waals surface area contributed by atoms with Crippen LogP contribution in [0.5, 0.6) is 0 Å². The lowest BCUT2D eigenvalue weighted by Gasteiger charge is -2.34. The van der Waals surface area contributed by atoms with Crippen LogP contribution in [0.2, 0.25) is 0 Å². The van der Waals surface area contributed by atoms with Crippen LogP contribution in [0.15, 0.2) is 17.5 Å². The summed E-state index contributed by atoms with van der Waals surface area (Å²) in [5.74, 6) is 0. The maximum absolute atomic E-state index is 12.4. The Morgan fingerprint density at radius 1 is 1.25 bits per heavy atom. The number of hydrogen-bond acceptors (Lipinski definition) is 3. The zero-order valence-electron chi connectivity index (χ0n) is 10.9. The molecule has 1 aromatic rings. The Balaban J connectivity index is 0.00000180. The van der Waals surface area contributed by atoms with Gasteiger partial charge < -0.3 is 5.32 Å². The number of nitrogens with one attached hydrogen (secondary N) is 1. The van der Waals surface area contributed by atoms with Crippen molar-refractivity contribution in [3.8, 4) is 0 Å². The molecule has 1 aliphatic heterocycles. The van der Waals surface area contributed by atoms with E-state index >= 15 is 0 Å². The van der Waals surface area contributed by atoms with E-state index in [0.717, 1.165) is 31.1 Å². The first kappa shape index (κ1) is 20.0. The van der Waals surface area contributed by atoms with Crippen molar-refractivity contribution in [2.45, 2.75) is 25.1 Å². The molecule has 0 spiro atoms. The van der Waals surface area contributed by atoms with E-state index in [4.69, 9.17) is 0 Å². The molecular formula is C12H19Cl2F3N2S. The van der Waals surface area contributed by atoms with Crippen molar-refractivity contribution in [1.82, 2.24) is 10.2 Å². The van der Waals surface area contributed by atoms with E-state index in [1.54, 1.807) is 11.3 Å². The van der Waals surface area contributed by atoms with Crippen molar-refractivity contribution in [1.29, 1.82) is 0 Å². The quantitative estimate of drug-likeness (QED) is 0.886. The van der Waals surface area contributed by atoms with Gasteiger partial charge in [0.05, 0.1) is 0 Å². The summed E-state index contributed by atoms with van der Waals surface area (Å²) >= 11 is 1.55. The number of thiophene rings is 1. The maximum atomic E-state index is 12.4. The standard InChI is InChI=1S/C12H17F3N2S.2ClH/c13-12(14,15)4-3-10(11-2-1-9-18-11)17-7-5-16-6-8-17;;/h1-2,9-10,16H,3-8H2;2*1H/t10-;;/m0../s1. The molecule has 1 fully saturated rings. The Labute approximate surface area is 133 Å². The Kier molecular flexibility index (Phi) is 9.09. The molecule has 1 aromatic heterocycles. The zero-order valence-corrected chi connectivity index (χ0v) is 13.3. The third-order valence-electron chi connectivity index (χ3n) is 3.17. The average Bonchev–Trinajstić information content (AvgIpc) is 2.83. The molecule has 0 unspecified atom stereocenters. The fourth-order valence-corrected chi connectivity index (χ4v) is 3.18. The molecule has 1 N–H and O–H groups in total. The summed E-state index contributed by atoms with van der Waals surface area (Å²) < 4.78 is 37.2. The Morgan fingerprint density at radius 3 is 2.40 bits per heavy atom. The van der Waals surface area contributed by atoms with Crippen molar-refractivity contribution in [3.05, 3.63) is 22.4 Å². The number of nitrogens with zero attached hydrogens (tertiary/aromatic N) is 1. The van der Waals surface area contributed by atoms with Crippen LogP contribution >= 0.6 is 36.2 Å². The molecule has 2 nitrogen and oxygen atoms in total. The normalized spacial score (nSPS) is 17.9. The minimum atomic E-state index is -4.07. The predicted molar refractivity (Wildman–Crippen MR) is 81.3 cm³/mol. The highest BCUT2D eigenvalue weighted by molar-refractivity contribution is 7.10. The zero-order chi connectivity index (χ0) is 13.0. The first-order valence-electron chi connectivity index (χ1n) is 6.11. The van der Waals surface area contributed by atoms with E-state index in [1.165, 1.54) is 0 Å². The summed E-state index contributed by atoms with van der Waals surface area (Å²) in [6.45, 7) is 3.35. The van der Waals surface area contributed by atoms with Crippen LogP contribution in [0.1, 0.15) is 23.8 Å². The second kappa shape index (κ2) is 9.10. The lowest BCUT2D eigenvalue weighted by molar-refractivity contribution is -0.138. The number of halogens is 5. The molecule has 2 rings (SSSR count). The van der Waals surface area contributed by atoms with Gasteiger partial charge in [0, 0.05) is 43.5 Å². The first-order valence-corrected chi connectivity index (χ1v) is 6.99. The minimum absolute atomic E-state index is 0. The van der Waals surface area contributed by atoms with E-state index in [2.05, 4.69) is 10.2 Å². The highest BCUT2D eigenvalue weighted by Gasteiger charge is 2.31. The molecule has 0 aromatic carbocycles. The Morgan fingerprint density at radius 2 is 1.90 bits per heavy atom. The van der Waals surface area contributed by atoms with E-state index in [9.17, 15) is 13.2 Å². The fourth-order valence-electron chi connectivity index (χ4n) is 2.28. The molecule has 20 heavy (non-hydrogen) atoms. The predicted octanol–water partition coefficient (Wildman–Crippen LogP) is 3.88. The molecule has 1 atom stereocenters. The van der Waals surface area contributed by atoms with Crippen LogP contribution in [-0.4, -0.2) is 37.3 Å². The molecule has 0 aliphatic carbocycles. The van der Waals surface area contributed by atoms with Gasteiger partial charge in [0.2, 0.25) is 0 Å². The summed E-state index contributed by atoms with van der Waals surface area (Å²) in [5.41, 5.74) is 0. The molecule has 118 valence electrons. The van der Waals surface area contributed by atoms with Gasteiger partial charge in [-0.15, -0.1) is 36.2 Å². The first-order chi connectivity index (χ1) is 8.56. The smallest absolute Gasteiger partial charge is 0.314 e. The largest absolute Gasteiger partial charge is 0.389 e. The van der Waals surface area contributed by atoms with Gasteiger partial charge in [0.25, 0.3) is 0 Å². The monoisotopic (exact) mass is 350 g/mol. The van der Waals surface area contributed by atoms with E-state index in [-0.39, 0.29) is 37.3 Å². The summed E-state index contributed by atoms with van der Waals surface area (Å²) in [5, 5.41) is 5.16. The van der Waals surface area contributed by atoms with Crippen LogP contribution in [0.3, 0.4) is 0 Å². The van der Waals surface area contributed by atoms with Crippen LogP contribution in [0, 0.1) is 0 Å². The van der Waals surface area contributed by atoms with Gasteiger partial charge >= 0.3 is 6.18 Å². The maximum Gasteiger partial charge on any atom is 0.389 e. The molecule has 1 saturated heterocycles. The summed E-state index contributed by atoms with van der Waals surface area (Å²) in [6.07, 6.45) is -4.62. The summed E-state index contributed by atoms with van der Waals surface area (Å²) in [4.78, 5) is 3.20. The van der Waals surface area contributed by atoms with Crippen LogP contribution < -0.4 is 5.32 Å². The second-order valence-electron chi connectivity index (χ2n) is 4.47. The summed E-state index contributed by atoms with van der Waals surface area (Å²) in [6, 6.07) is 3.75. The molecule has 2 heterocycles. The van der Waals surface area contributed by atoms with Crippen molar-refractivity contribution >= 4 is 36.2 Å². The number of rotatable bonds is 4. The second-order valence-corrected chi connectivity index (χ2v) is 5.45. The Hall–Kier alpha value is -0.0100. The lowest BCUT2D eigenvalue weighted by Crippen LogP contribution is -2.45. The lowest BCUT2D eigenvalue weighted by atomic mass is 10.1. The van der Waals surface area contributed by atoms with Gasteiger partial charge in [0.15, 0.2) is 0 Å². The topological polar surface area (TPSA) is 15.3 Å². The highest BCUT2D eigenvalue weighted by Crippen LogP contribution is 2.33. The van der Waals surface area contributed by atoms with Gasteiger partial charge in [-0.3, -0.25) is 4.90 Å². The SMILES string of the molecule is Cl.Cl.FC(F)(F)CC[C@@H](c1cccs1)N1CCNCC1. The van der Waals surface area contributed by atoms with Crippen LogP contribution in [0.25, 0.3) is 0 Å². The van der Waals surface area contributed by atoms with Crippen molar-refractivity contribution in [2.75, 3.05) is 26.2 Å². The van der Waals surface area contributed by atoms with Crippen molar-refractivity contribution < 1.29 is 13.2 Å². The molecule has 8 heteroatoms. The van der Waals surface area contributed by atoms with E-state index < -0.39 is 12.6 Å². The molecule has 0 amide bonds. The minimum Gasteiger partial charge on any atom is -0.314 e. The number of alkyl halides is 3. The van der Waals surface area contributed by atoms with Crippen LogP contribution in [0.4, 0.5) is 13.2 Å². The van der Waals surface area contributed by atoms with Gasteiger partial charge in [-0.1, -0.05) is 6.07 Å². The van der Waals surface area contributed by atoms with Gasteiger partial charge in [-0.25, -0.2) is 0 Å². The Bertz CT molecular complexity index is 354. The van der Waals surface area contributed by atoms with Crippen molar-refractivity contribution in [2.24, 2.45) is 0 Å².